The van der Waals surface area contributed by atoms with E-state index in [4.69, 9.17) is 10.8 Å². The summed E-state index contributed by atoms with van der Waals surface area (Å²) in [7, 11) is 1.23. The van der Waals surface area contributed by atoms with E-state index in [1.807, 2.05) is 0 Å². The van der Waals surface area contributed by atoms with Gasteiger partial charge in [0.25, 0.3) is 11.8 Å². The standard InChI is InChI=1S/C21H19N7O7S2/c1-35-25-12(15-24-21(22)37-26-15)16(29)23-13-17(30)28-14(20(33)34)11(9-36-18(13)28)3-2-6-27-7-4-10(5-8-27)19(31)32/h2-5,7-8,13,18H,6,9H2,1H3,(H4-,22,23,24,26,29,31,32,33,34)/b3-2+,25-12-/t13?,18-/m1/s1. The van der Waals surface area contributed by atoms with Crippen LogP contribution in [0.5, 0.6) is 0 Å². The van der Waals surface area contributed by atoms with Crippen molar-refractivity contribution in [2.45, 2.75) is 18.0 Å². The van der Waals surface area contributed by atoms with Crippen molar-refractivity contribution in [1.29, 1.82) is 0 Å². The smallest absolute Gasteiger partial charge is 0.336 e. The van der Waals surface area contributed by atoms with Gasteiger partial charge >= 0.3 is 5.97 Å². The molecule has 2 aromatic rings. The van der Waals surface area contributed by atoms with Crippen LogP contribution in [0.15, 0.2) is 53.1 Å². The third-order valence-corrected chi connectivity index (χ3v) is 7.15. The number of hydrogen-bond acceptors (Lipinski definition) is 12. The molecule has 0 aromatic carbocycles. The SMILES string of the molecule is CO/N=C(\C(=O)NC1C(=O)N2C(C(=O)[O-])=C(/C=C/C[n+]3ccc(C(=O)O)cc3)CS[C@H]12)c1nsc(N)n1. The zero-order chi connectivity index (χ0) is 26.7. The van der Waals surface area contributed by atoms with Crippen molar-refractivity contribution >= 4 is 57.9 Å². The number of pyridine rings is 1. The molecule has 14 nitrogen and oxygen atoms in total. The molecule has 2 aromatic heterocycles. The molecular weight excluding hydrogens is 526 g/mol. The normalized spacial score (nSPS) is 19.4. The summed E-state index contributed by atoms with van der Waals surface area (Å²) >= 11 is 2.13. The molecular formula is C21H19N7O7S2. The highest BCUT2D eigenvalue weighted by Gasteiger charge is 2.53. The second-order valence-corrected chi connectivity index (χ2v) is 9.48. The number of nitrogens with one attached hydrogen (secondary N) is 1. The van der Waals surface area contributed by atoms with Crippen LogP contribution in [-0.2, 0) is 25.8 Å². The Kier molecular flexibility index (Phi) is 7.49. The first kappa shape index (κ1) is 25.8. The van der Waals surface area contributed by atoms with Crippen molar-refractivity contribution in [3.8, 4) is 0 Å². The van der Waals surface area contributed by atoms with Crippen LogP contribution in [0.25, 0.3) is 0 Å². The van der Waals surface area contributed by atoms with E-state index in [0.29, 0.717) is 12.1 Å². The molecule has 2 atom stereocenters. The van der Waals surface area contributed by atoms with E-state index < -0.39 is 35.2 Å². The number of carboxylic acid groups (broad SMARTS) is 2. The van der Waals surface area contributed by atoms with Gasteiger partial charge in [0, 0.05) is 29.4 Å². The lowest BCUT2D eigenvalue weighted by atomic mass is 10.0. The number of hydrogen-bond donors (Lipinski definition) is 3. The molecule has 0 spiro atoms. The zero-order valence-electron chi connectivity index (χ0n) is 19.1. The summed E-state index contributed by atoms with van der Waals surface area (Å²) in [6, 6.07) is 1.87. The number of carbonyl (C=O) groups is 4. The molecule has 0 saturated carbocycles. The van der Waals surface area contributed by atoms with Crippen LogP contribution in [0.1, 0.15) is 16.2 Å². The molecule has 0 bridgehead atoms. The Hall–Kier alpha value is -4.31. The van der Waals surface area contributed by atoms with Gasteiger partial charge < -0.3 is 30.9 Å². The molecule has 2 aliphatic rings. The van der Waals surface area contributed by atoms with Crippen molar-refractivity contribution in [2.75, 3.05) is 18.6 Å². The van der Waals surface area contributed by atoms with Gasteiger partial charge in [-0.05, 0) is 11.6 Å². The highest BCUT2D eigenvalue weighted by Crippen LogP contribution is 2.40. The fraction of sp³-hybridized carbons (Fsp3) is 0.238. The number of nitrogens with zero attached hydrogens (tertiary/aromatic N) is 5. The molecule has 4 heterocycles. The molecule has 192 valence electrons. The van der Waals surface area contributed by atoms with Gasteiger partial charge in [-0.15, -0.1) is 11.8 Å². The van der Waals surface area contributed by atoms with E-state index in [1.54, 1.807) is 29.1 Å². The number of nitrogen functional groups attached to an aromatic ring is 1. The quantitative estimate of drug-likeness (QED) is 0.138. The van der Waals surface area contributed by atoms with Gasteiger partial charge in [0.1, 0.15) is 18.5 Å². The van der Waals surface area contributed by atoms with Crippen LogP contribution in [0.2, 0.25) is 0 Å². The molecule has 0 aliphatic carbocycles. The zero-order valence-corrected chi connectivity index (χ0v) is 20.7. The number of oxime groups is 1. The maximum Gasteiger partial charge on any atom is 0.336 e. The number of fused-ring (bicyclic) bond motifs is 1. The summed E-state index contributed by atoms with van der Waals surface area (Å²) in [5, 5.41) is 26.5. The fourth-order valence-electron chi connectivity index (χ4n) is 3.61. The van der Waals surface area contributed by atoms with Crippen molar-refractivity contribution in [2.24, 2.45) is 5.16 Å². The van der Waals surface area contributed by atoms with Gasteiger partial charge in [0.15, 0.2) is 24.1 Å². The molecule has 0 radical (unpaired) electrons. The average molecular weight is 546 g/mol. The molecule has 16 heteroatoms. The van der Waals surface area contributed by atoms with Crippen LogP contribution in [-0.4, -0.2) is 73.1 Å². The average Bonchev–Trinajstić information content (AvgIpc) is 3.31. The molecule has 1 fully saturated rings. The monoisotopic (exact) mass is 545 g/mol. The second kappa shape index (κ2) is 10.8. The number of carbonyl (C=O) groups excluding carboxylic acids is 3. The Bertz CT molecular complexity index is 1350. The minimum absolute atomic E-state index is 0.0695. The highest BCUT2D eigenvalue weighted by atomic mass is 32.2. The molecule has 2 amide bonds. The molecule has 4 N–H and O–H groups in total. The van der Waals surface area contributed by atoms with Gasteiger partial charge in [-0.25, -0.2) is 9.36 Å². The minimum Gasteiger partial charge on any atom is -0.543 e. The summed E-state index contributed by atoms with van der Waals surface area (Å²) in [5.41, 5.74) is 5.51. The van der Waals surface area contributed by atoms with Gasteiger partial charge in [-0.2, -0.15) is 9.36 Å². The Morgan fingerprint density at radius 2 is 2.14 bits per heavy atom. The lowest BCUT2D eigenvalue weighted by molar-refractivity contribution is -0.687. The van der Waals surface area contributed by atoms with Crippen LogP contribution < -0.4 is 20.7 Å². The number of anilines is 1. The number of aromatic nitrogens is 3. The third-order valence-electron chi connectivity index (χ3n) is 5.30. The predicted molar refractivity (Wildman–Crippen MR) is 128 cm³/mol. The van der Waals surface area contributed by atoms with Gasteiger partial charge in [-0.1, -0.05) is 11.2 Å². The molecule has 1 saturated heterocycles. The largest absolute Gasteiger partial charge is 0.543 e. The number of nitrogens with two attached hydrogens (primary N) is 1. The van der Waals surface area contributed by atoms with E-state index >= 15 is 0 Å². The van der Waals surface area contributed by atoms with Crippen LogP contribution in [0.3, 0.4) is 0 Å². The maximum absolute atomic E-state index is 12.9. The number of allylic oxidation sites excluding steroid dienone is 2. The number of aromatic carboxylic acids is 1. The van der Waals surface area contributed by atoms with Crippen molar-refractivity contribution in [3.63, 3.8) is 0 Å². The maximum atomic E-state index is 12.9. The Labute approximate surface area is 217 Å². The van der Waals surface area contributed by atoms with E-state index in [0.717, 1.165) is 16.4 Å². The van der Waals surface area contributed by atoms with Crippen LogP contribution >= 0.6 is 23.3 Å². The van der Waals surface area contributed by atoms with Crippen LogP contribution in [0, 0.1) is 0 Å². The Balaban J connectivity index is 1.47. The minimum atomic E-state index is -1.52. The van der Waals surface area contributed by atoms with Crippen molar-refractivity contribution in [3.05, 3.63) is 59.3 Å². The van der Waals surface area contributed by atoms with Crippen LogP contribution in [0.4, 0.5) is 5.13 Å². The fourth-order valence-corrected chi connectivity index (χ4v) is 5.37. The predicted octanol–water partition coefficient (Wildman–Crippen LogP) is -1.88. The summed E-state index contributed by atoms with van der Waals surface area (Å²) in [6.07, 6.45) is 6.42. The lowest BCUT2D eigenvalue weighted by Crippen LogP contribution is -2.71. The van der Waals surface area contributed by atoms with E-state index in [-0.39, 0.29) is 33.7 Å². The summed E-state index contributed by atoms with van der Waals surface area (Å²) < 4.78 is 5.62. The summed E-state index contributed by atoms with van der Waals surface area (Å²) in [6.45, 7) is 0.335. The Morgan fingerprint density at radius 3 is 2.73 bits per heavy atom. The van der Waals surface area contributed by atoms with Crippen molar-refractivity contribution in [1.82, 2.24) is 19.6 Å². The second-order valence-electron chi connectivity index (χ2n) is 7.59. The molecule has 1 unspecified atom stereocenters. The number of aliphatic carboxylic acids is 1. The first-order chi connectivity index (χ1) is 17.7. The molecule has 37 heavy (non-hydrogen) atoms. The van der Waals surface area contributed by atoms with E-state index in [2.05, 4.69) is 24.7 Å². The highest BCUT2D eigenvalue weighted by molar-refractivity contribution is 8.00. The lowest BCUT2D eigenvalue weighted by Gasteiger charge is -2.50. The van der Waals surface area contributed by atoms with Crippen molar-refractivity contribution < 1.29 is 38.8 Å². The van der Waals surface area contributed by atoms with Gasteiger partial charge in [0.05, 0.1) is 17.2 Å². The number of carboxylic acids is 2. The first-order valence-corrected chi connectivity index (χ1v) is 12.3. The number of rotatable bonds is 9. The molecule has 2 aliphatic heterocycles. The van der Waals surface area contributed by atoms with Gasteiger partial charge in [-0.3, -0.25) is 14.5 Å². The van der Waals surface area contributed by atoms with E-state index in [9.17, 15) is 24.3 Å². The van der Waals surface area contributed by atoms with E-state index in [1.165, 1.54) is 31.0 Å². The Morgan fingerprint density at radius 1 is 1.41 bits per heavy atom. The number of thioether (sulfide) groups is 1. The molecule has 4 rings (SSSR count). The number of β-lactam (4-membered cyclic amide) rings is 1. The third kappa shape index (κ3) is 5.29. The first-order valence-electron chi connectivity index (χ1n) is 10.5. The topological polar surface area (TPSA) is 204 Å². The summed E-state index contributed by atoms with van der Waals surface area (Å²) in [4.78, 5) is 58.2. The summed E-state index contributed by atoms with van der Waals surface area (Å²) in [5.74, 6) is -3.80. The number of amides is 2. The van der Waals surface area contributed by atoms with Gasteiger partial charge in [0.2, 0.25) is 11.5 Å².